The number of rotatable bonds is 3. The van der Waals surface area contributed by atoms with E-state index in [1.54, 1.807) is 36.7 Å². The third-order valence-corrected chi connectivity index (χ3v) is 2.39. The van der Waals surface area contributed by atoms with E-state index in [0.29, 0.717) is 11.1 Å². The Morgan fingerprint density at radius 1 is 1.06 bits per heavy atom. The molecule has 0 spiro atoms. The number of carboxylic acid groups (broad SMARTS) is 1. The first-order chi connectivity index (χ1) is 7.79. The van der Waals surface area contributed by atoms with Gasteiger partial charge in [-0.15, -0.1) is 0 Å². The maximum Gasteiger partial charge on any atom is 1.00 e. The molecule has 2 aromatic rings. The Balaban J connectivity index is 0.00000144. The van der Waals surface area contributed by atoms with E-state index >= 15 is 0 Å². The van der Waals surface area contributed by atoms with Gasteiger partial charge in [-0.25, -0.2) is 0 Å². The molecule has 0 amide bonds. The Morgan fingerprint density at radius 2 is 1.71 bits per heavy atom. The van der Waals surface area contributed by atoms with E-state index < -0.39 is 11.9 Å². The summed E-state index contributed by atoms with van der Waals surface area (Å²) >= 11 is 0. The number of carbonyl (C=O) groups is 1. The molecule has 0 saturated heterocycles. The SMILES string of the molecule is O=C([O-])C(c1ccccc1)c1cccnc1.[Na+]. The topological polar surface area (TPSA) is 53.0 Å². The Labute approximate surface area is 122 Å². The average molecular weight is 235 g/mol. The van der Waals surface area contributed by atoms with Crippen LogP contribution in [0.15, 0.2) is 54.9 Å². The van der Waals surface area contributed by atoms with Crippen molar-refractivity contribution in [2.45, 2.75) is 5.92 Å². The normalized spacial score (nSPS) is 11.3. The van der Waals surface area contributed by atoms with Crippen molar-refractivity contribution in [1.29, 1.82) is 0 Å². The predicted octanol–water partition coefficient (Wildman–Crippen LogP) is -2.03. The number of pyridine rings is 1. The minimum Gasteiger partial charge on any atom is -0.549 e. The molecule has 0 aliphatic carbocycles. The van der Waals surface area contributed by atoms with E-state index in [0.717, 1.165) is 0 Å². The van der Waals surface area contributed by atoms with Crippen LogP contribution in [0.4, 0.5) is 0 Å². The maximum atomic E-state index is 11.2. The fourth-order valence-corrected chi connectivity index (χ4v) is 1.66. The molecule has 17 heavy (non-hydrogen) atoms. The molecule has 0 bridgehead atoms. The summed E-state index contributed by atoms with van der Waals surface area (Å²) in [4.78, 5) is 15.1. The van der Waals surface area contributed by atoms with Crippen LogP contribution >= 0.6 is 0 Å². The molecule has 4 heteroatoms. The van der Waals surface area contributed by atoms with E-state index in [-0.39, 0.29) is 29.6 Å². The van der Waals surface area contributed by atoms with Gasteiger partial charge in [0.05, 0.1) is 11.9 Å². The van der Waals surface area contributed by atoms with Crippen molar-refractivity contribution >= 4 is 5.97 Å². The molecule has 0 N–H and O–H groups in total. The summed E-state index contributed by atoms with van der Waals surface area (Å²) in [5.74, 6) is -1.87. The summed E-state index contributed by atoms with van der Waals surface area (Å²) in [5.41, 5.74) is 1.34. The van der Waals surface area contributed by atoms with Crippen molar-refractivity contribution in [2.24, 2.45) is 0 Å². The molecule has 0 saturated carbocycles. The molecular weight excluding hydrogens is 225 g/mol. The number of benzene rings is 1. The van der Waals surface area contributed by atoms with Crippen LogP contribution in [0.1, 0.15) is 17.0 Å². The molecule has 0 radical (unpaired) electrons. The fourth-order valence-electron chi connectivity index (χ4n) is 1.66. The van der Waals surface area contributed by atoms with Crippen molar-refractivity contribution in [1.82, 2.24) is 4.98 Å². The smallest absolute Gasteiger partial charge is 0.549 e. The van der Waals surface area contributed by atoms with Gasteiger partial charge < -0.3 is 9.90 Å². The van der Waals surface area contributed by atoms with Crippen molar-refractivity contribution in [2.75, 3.05) is 0 Å². The van der Waals surface area contributed by atoms with Crippen LogP contribution in [0.5, 0.6) is 0 Å². The van der Waals surface area contributed by atoms with Gasteiger partial charge in [-0.05, 0) is 17.2 Å². The van der Waals surface area contributed by atoms with Gasteiger partial charge >= 0.3 is 29.6 Å². The Morgan fingerprint density at radius 3 is 2.24 bits per heavy atom. The first kappa shape index (κ1) is 13.9. The van der Waals surface area contributed by atoms with E-state index in [4.69, 9.17) is 0 Å². The van der Waals surface area contributed by atoms with Crippen LogP contribution in [0.2, 0.25) is 0 Å². The molecule has 80 valence electrons. The molecule has 2 rings (SSSR count). The summed E-state index contributed by atoms with van der Waals surface area (Å²) < 4.78 is 0. The monoisotopic (exact) mass is 235 g/mol. The number of carboxylic acids is 1. The Hall–Kier alpha value is -1.16. The molecule has 0 fully saturated rings. The van der Waals surface area contributed by atoms with E-state index in [1.165, 1.54) is 0 Å². The second-order valence-corrected chi connectivity index (χ2v) is 3.45. The van der Waals surface area contributed by atoms with Crippen LogP contribution in [-0.2, 0) is 4.79 Å². The van der Waals surface area contributed by atoms with Crippen molar-refractivity contribution in [3.63, 3.8) is 0 Å². The third kappa shape index (κ3) is 3.40. The standard InChI is InChI=1S/C13H11NO2.Na/c15-13(16)12(10-5-2-1-3-6-10)11-7-4-8-14-9-11;/h1-9,12H,(H,15,16);/q;+1/p-1. The molecule has 1 atom stereocenters. The van der Waals surface area contributed by atoms with E-state index in [1.807, 2.05) is 18.2 Å². The number of nitrogens with zero attached hydrogens (tertiary/aromatic N) is 1. The molecule has 0 aliphatic rings. The van der Waals surface area contributed by atoms with Crippen molar-refractivity contribution in [3.8, 4) is 0 Å². The van der Waals surface area contributed by atoms with Crippen LogP contribution in [0.25, 0.3) is 0 Å². The number of aliphatic carboxylic acids is 1. The molecule has 1 aromatic carbocycles. The van der Waals surface area contributed by atoms with Crippen LogP contribution < -0.4 is 34.7 Å². The van der Waals surface area contributed by atoms with Crippen molar-refractivity contribution < 1.29 is 39.5 Å². The largest absolute Gasteiger partial charge is 1.00 e. The summed E-state index contributed by atoms with van der Waals surface area (Å²) in [7, 11) is 0. The number of hydrogen-bond acceptors (Lipinski definition) is 3. The second-order valence-electron chi connectivity index (χ2n) is 3.45. The van der Waals surface area contributed by atoms with Crippen LogP contribution in [0, 0.1) is 0 Å². The fraction of sp³-hybridized carbons (Fsp3) is 0.0769. The van der Waals surface area contributed by atoms with Gasteiger partial charge in [-0.1, -0.05) is 36.4 Å². The molecule has 1 aromatic heterocycles. The second kappa shape index (κ2) is 6.55. The Bertz CT molecular complexity index is 434. The number of hydrogen-bond donors (Lipinski definition) is 0. The zero-order chi connectivity index (χ0) is 11.4. The van der Waals surface area contributed by atoms with Crippen LogP contribution in [0.3, 0.4) is 0 Å². The maximum absolute atomic E-state index is 11.2. The summed E-state index contributed by atoms with van der Waals surface area (Å²) in [5, 5.41) is 11.2. The average Bonchev–Trinajstić information content (AvgIpc) is 2.31. The third-order valence-electron chi connectivity index (χ3n) is 2.39. The van der Waals surface area contributed by atoms with Gasteiger partial charge in [-0.2, -0.15) is 0 Å². The predicted molar refractivity (Wildman–Crippen MR) is 57.5 cm³/mol. The first-order valence-corrected chi connectivity index (χ1v) is 4.95. The van der Waals surface area contributed by atoms with Gasteiger partial charge in [0, 0.05) is 12.4 Å². The van der Waals surface area contributed by atoms with E-state index in [9.17, 15) is 9.90 Å². The molecule has 1 unspecified atom stereocenters. The van der Waals surface area contributed by atoms with Gasteiger partial charge in [0.25, 0.3) is 0 Å². The molecular formula is C13H10NNaO2. The summed E-state index contributed by atoms with van der Waals surface area (Å²) in [6.07, 6.45) is 3.16. The van der Waals surface area contributed by atoms with Crippen LogP contribution in [-0.4, -0.2) is 11.0 Å². The first-order valence-electron chi connectivity index (χ1n) is 4.95. The number of carbonyl (C=O) groups excluding carboxylic acids is 1. The molecule has 1 heterocycles. The minimum absolute atomic E-state index is 0. The van der Waals surface area contributed by atoms with Gasteiger partial charge in [0.2, 0.25) is 0 Å². The number of aromatic nitrogens is 1. The van der Waals surface area contributed by atoms with E-state index in [2.05, 4.69) is 4.98 Å². The minimum atomic E-state index is -1.11. The molecule has 0 aliphatic heterocycles. The van der Waals surface area contributed by atoms with Crippen molar-refractivity contribution in [3.05, 3.63) is 66.0 Å². The summed E-state index contributed by atoms with van der Waals surface area (Å²) in [6.45, 7) is 0. The zero-order valence-electron chi connectivity index (χ0n) is 9.54. The van der Waals surface area contributed by atoms with Gasteiger partial charge in [0.1, 0.15) is 0 Å². The zero-order valence-corrected chi connectivity index (χ0v) is 11.5. The van der Waals surface area contributed by atoms with Gasteiger partial charge in [-0.3, -0.25) is 4.98 Å². The van der Waals surface area contributed by atoms with Gasteiger partial charge in [0.15, 0.2) is 0 Å². The quantitative estimate of drug-likeness (QED) is 0.576. The summed E-state index contributed by atoms with van der Waals surface area (Å²) in [6, 6.07) is 12.5. The Kier molecular flexibility index (Phi) is 5.35. The molecule has 3 nitrogen and oxygen atoms in total.